The molecule has 1 nitrogen and oxygen atoms in total. The first-order chi connectivity index (χ1) is 10.5. The maximum Gasteiger partial charge on any atom is 0.0596 e. The first-order valence-corrected chi connectivity index (χ1v) is 10.8. The molecule has 2 heteroatoms. The van der Waals surface area contributed by atoms with E-state index in [1.54, 1.807) is 0 Å². The normalized spacial score (nSPS) is 63.1. The fraction of sp³-hybridized carbons (Fsp3) is 1.00. The van der Waals surface area contributed by atoms with E-state index in [-0.39, 0.29) is 11.5 Å². The summed E-state index contributed by atoms with van der Waals surface area (Å²) in [6.07, 6.45) is 12.6. The smallest absolute Gasteiger partial charge is 0.0596 e. The van der Waals surface area contributed by atoms with Crippen LogP contribution in [0, 0.1) is 34.5 Å². The van der Waals surface area contributed by atoms with Crippen LogP contribution in [-0.2, 0) is 0 Å². The molecular formula is C20H32OS. The van der Waals surface area contributed by atoms with Crippen LogP contribution in [0.3, 0.4) is 0 Å². The highest BCUT2D eigenvalue weighted by Crippen LogP contribution is 2.69. The van der Waals surface area contributed by atoms with Crippen LogP contribution in [0.25, 0.3) is 0 Å². The average Bonchev–Trinajstić information content (AvgIpc) is 3.19. The van der Waals surface area contributed by atoms with Crippen molar-refractivity contribution in [1.82, 2.24) is 0 Å². The van der Waals surface area contributed by atoms with Crippen LogP contribution in [-0.4, -0.2) is 21.7 Å². The van der Waals surface area contributed by atoms with E-state index in [0.717, 1.165) is 34.8 Å². The van der Waals surface area contributed by atoms with Crippen LogP contribution in [0.4, 0.5) is 0 Å². The van der Waals surface area contributed by atoms with Gasteiger partial charge < -0.3 is 5.11 Å². The third-order valence-corrected chi connectivity index (χ3v) is 10.8. The van der Waals surface area contributed by atoms with Crippen molar-refractivity contribution in [2.45, 2.75) is 82.5 Å². The topological polar surface area (TPSA) is 20.2 Å². The SMILES string of the molecule is C[C@]12CC[C@]3(CS3)C[C@H]1CC[C@@H]1[C@@H]2CC[C@]2(C)[C@@H](O)CC[C@@H]12. The molecule has 0 aromatic carbocycles. The number of hydrogen-bond acceptors (Lipinski definition) is 2. The van der Waals surface area contributed by atoms with Gasteiger partial charge in [-0.15, -0.1) is 0 Å². The summed E-state index contributed by atoms with van der Waals surface area (Å²) in [7, 11) is 0. The molecule has 5 fully saturated rings. The number of thioether (sulfide) groups is 1. The summed E-state index contributed by atoms with van der Waals surface area (Å²) < 4.78 is 0.740. The van der Waals surface area contributed by atoms with Gasteiger partial charge in [0.05, 0.1) is 6.10 Å². The minimum absolute atomic E-state index is 0.0125. The van der Waals surface area contributed by atoms with E-state index in [4.69, 9.17) is 0 Å². The van der Waals surface area contributed by atoms with Gasteiger partial charge in [0.2, 0.25) is 0 Å². The molecule has 5 aliphatic rings. The van der Waals surface area contributed by atoms with Crippen molar-refractivity contribution in [2.24, 2.45) is 34.5 Å². The van der Waals surface area contributed by atoms with Gasteiger partial charge in [0.15, 0.2) is 0 Å². The number of hydrogen-bond donors (Lipinski definition) is 1. The lowest BCUT2D eigenvalue weighted by Gasteiger charge is -2.61. The third kappa shape index (κ3) is 1.78. The standard InChI is InChI=1S/C20H32OS/c1-18-9-10-20(12-22-20)11-13(18)3-4-14-15-5-6-17(21)19(15,2)8-7-16(14)18/h13-17,21H,3-12H2,1-2H3/t13-,14+,15+,16+,17+,18+,19+,20-/m1/s1. The molecule has 8 atom stereocenters. The average molecular weight is 321 g/mol. The van der Waals surface area contributed by atoms with Crippen LogP contribution in [0.2, 0.25) is 0 Å². The van der Waals surface area contributed by atoms with Gasteiger partial charge in [0.1, 0.15) is 0 Å². The fourth-order valence-electron chi connectivity index (χ4n) is 7.64. The van der Waals surface area contributed by atoms with Crippen LogP contribution < -0.4 is 0 Å². The van der Waals surface area contributed by atoms with Crippen molar-refractivity contribution in [3.8, 4) is 0 Å². The van der Waals surface area contributed by atoms with E-state index in [2.05, 4.69) is 25.6 Å². The lowest BCUT2D eigenvalue weighted by Crippen LogP contribution is -2.54. The van der Waals surface area contributed by atoms with E-state index in [1.165, 1.54) is 57.1 Å². The molecule has 0 unspecified atom stereocenters. The maximum atomic E-state index is 10.5. The minimum atomic E-state index is -0.0125. The Balaban J connectivity index is 1.44. The van der Waals surface area contributed by atoms with E-state index in [0.29, 0.717) is 5.41 Å². The van der Waals surface area contributed by atoms with Crippen molar-refractivity contribution in [3.63, 3.8) is 0 Å². The molecular weight excluding hydrogens is 288 g/mol. The molecule has 0 amide bonds. The molecule has 22 heavy (non-hydrogen) atoms. The zero-order valence-corrected chi connectivity index (χ0v) is 15.1. The number of fused-ring (bicyclic) bond motifs is 5. The molecule has 1 heterocycles. The lowest BCUT2D eigenvalue weighted by atomic mass is 9.44. The second kappa shape index (κ2) is 4.48. The van der Waals surface area contributed by atoms with Crippen molar-refractivity contribution in [1.29, 1.82) is 0 Å². The molecule has 1 N–H and O–H groups in total. The van der Waals surface area contributed by atoms with Gasteiger partial charge >= 0.3 is 0 Å². The summed E-state index contributed by atoms with van der Waals surface area (Å²) in [6, 6.07) is 0. The molecule has 1 aliphatic heterocycles. The molecule has 5 rings (SSSR count). The van der Waals surface area contributed by atoms with Crippen molar-refractivity contribution < 1.29 is 5.11 Å². The molecule has 1 saturated heterocycles. The van der Waals surface area contributed by atoms with Gasteiger partial charge in [-0.25, -0.2) is 0 Å². The maximum absolute atomic E-state index is 10.5. The van der Waals surface area contributed by atoms with E-state index in [1.807, 2.05) is 0 Å². The molecule has 1 spiro atoms. The van der Waals surface area contributed by atoms with Gasteiger partial charge in [0, 0.05) is 10.5 Å². The summed E-state index contributed by atoms with van der Waals surface area (Å²) in [6.45, 7) is 5.08. The highest BCUT2D eigenvalue weighted by Gasteiger charge is 2.62. The number of aliphatic hydroxyl groups excluding tert-OH is 1. The van der Waals surface area contributed by atoms with Gasteiger partial charge in [-0.05, 0) is 92.3 Å². The molecule has 124 valence electrons. The number of rotatable bonds is 0. The Hall–Kier alpha value is 0.310. The van der Waals surface area contributed by atoms with E-state index < -0.39 is 0 Å². The molecule has 0 bridgehead atoms. The molecule has 4 saturated carbocycles. The van der Waals surface area contributed by atoms with Gasteiger partial charge in [-0.3, -0.25) is 0 Å². The van der Waals surface area contributed by atoms with Crippen LogP contribution >= 0.6 is 11.8 Å². The monoisotopic (exact) mass is 320 g/mol. The highest BCUT2D eigenvalue weighted by molar-refractivity contribution is 8.07. The predicted octanol–water partition coefficient (Wildman–Crippen LogP) is 4.88. The summed E-state index contributed by atoms with van der Waals surface area (Å²) >= 11 is 2.26. The Kier molecular flexibility index (Phi) is 2.98. The van der Waals surface area contributed by atoms with Crippen LogP contribution in [0.1, 0.15) is 71.6 Å². The van der Waals surface area contributed by atoms with Crippen molar-refractivity contribution in [2.75, 3.05) is 5.75 Å². The Morgan fingerprint density at radius 2 is 1.64 bits per heavy atom. The Morgan fingerprint density at radius 3 is 2.41 bits per heavy atom. The first kappa shape index (κ1) is 14.6. The van der Waals surface area contributed by atoms with Gasteiger partial charge in [-0.2, -0.15) is 11.8 Å². The second-order valence-corrected chi connectivity index (χ2v) is 11.4. The third-order valence-electron chi connectivity index (χ3n) is 9.31. The van der Waals surface area contributed by atoms with Crippen LogP contribution in [0.15, 0.2) is 0 Å². The molecule has 0 radical (unpaired) electrons. The van der Waals surface area contributed by atoms with Gasteiger partial charge in [0.25, 0.3) is 0 Å². The number of aliphatic hydroxyl groups is 1. The molecule has 0 aromatic rings. The summed E-state index contributed by atoms with van der Waals surface area (Å²) in [5.74, 6) is 5.19. The molecule has 4 aliphatic carbocycles. The van der Waals surface area contributed by atoms with E-state index in [9.17, 15) is 5.11 Å². The second-order valence-electron chi connectivity index (χ2n) is 9.97. The fourth-order valence-corrected chi connectivity index (χ4v) is 8.68. The Labute approximate surface area is 140 Å². The Bertz CT molecular complexity index is 486. The summed E-state index contributed by atoms with van der Waals surface area (Å²) in [5, 5.41) is 10.5. The quantitative estimate of drug-likeness (QED) is 0.642. The summed E-state index contributed by atoms with van der Waals surface area (Å²) in [4.78, 5) is 0. The van der Waals surface area contributed by atoms with Crippen LogP contribution in [0.5, 0.6) is 0 Å². The minimum Gasteiger partial charge on any atom is -0.393 e. The Morgan fingerprint density at radius 1 is 0.864 bits per heavy atom. The van der Waals surface area contributed by atoms with Crippen molar-refractivity contribution in [3.05, 3.63) is 0 Å². The van der Waals surface area contributed by atoms with Crippen molar-refractivity contribution >= 4 is 11.8 Å². The zero-order chi connectivity index (χ0) is 15.2. The largest absolute Gasteiger partial charge is 0.393 e. The molecule has 0 aromatic heterocycles. The first-order valence-electron chi connectivity index (χ1n) is 9.79. The predicted molar refractivity (Wildman–Crippen MR) is 92.9 cm³/mol. The lowest BCUT2D eigenvalue weighted by molar-refractivity contribution is -0.122. The zero-order valence-electron chi connectivity index (χ0n) is 14.3. The highest BCUT2D eigenvalue weighted by atomic mass is 32.2. The summed E-state index contributed by atoms with van der Waals surface area (Å²) in [5.41, 5.74) is 0.888. The van der Waals surface area contributed by atoms with E-state index >= 15 is 0 Å². The van der Waals surface area contributed by atoms with Gasteiger partial charge in [-0.1, -0.05) is 13.8 Å².